The van der Waals surface area contributed by atoms with Crippen LogP contribution >= 0.6 is 11.6 Å². The summed E-state index contributed by atoms with van der Waals surface area (Å²) in [4.78, 5) is 4.53. The maximum atomic E-state index is 6.03. The van der Waals surface area contributed by atoms with Crippen molar-refractivity contribution in [2.24, 2.45) is 0 Å². The van der Waals surface area contributed by atoms with E-state index in [1.165, 1.54) is 5.56 Å². The van der Waals surface area contributed by atoms with Gasteiger partial charge in [-0.15, -0.1) is 0 Å². The molecule has 112 valence electrons. The number of hydrogen-bond donors (Lipinski definition) is 1. The Labute approximate surface area is 131 Å². The Balaban J connectivity index is 2.27. The molecular weight excluding hydrogens is 284 g/mol. The molecule has 3 nitrogen and oxygen atoms in total. The first-order valence-electron chi connectivity index (χ1n) is 7.27. The van der Waals surface area contributed by atoms with Gasteiger partial charge in [0.05, 0.1) is 0 Å². The van der Waals surface area contributed by atoms with Gasteiger partial charge in [0.2, 0.25) is 5.88 Å². The first kappa shape index (κ1) is 15.8. The molecule has 0 fully saturated rings. The topological polar surface area (TPSA) is 34.2 Å². The minimum atomic E-state index is 0.618. The standard InChI is InChI=1S/C17H21ClN2O/c1-4-15-8-13(11-19-5-2)9-17(20-15)21-16-10-14(18)7-6-12(16)3/h6-10,19H,4-5,11H2,1-3H3. The molecule has 0 atom stereocenters. The smallest absolute Gasteiger partial charge is 0.219 e. The normalized spacial score (nSPS) is 10.7. The summed E-state index contributed by atoms with van der Waals surface area (Å²) in [6, 6.07) is 9.71. The summed E-state index contributed by atoms with van der Waals surface area (Å²) in [5.41, 5.74) is 3.25. The lowest BCUT2D eigenvalue weighted by Crippen LogP contribution is -2.12. The first-order chi connectivity index (χ1) is 10.1. The van der Waals surface area contributed by atoms with Crippen LogP contribution in [0.15, 0.2) is 30.3 Å². The molecule has 0 aliphatic carbocycles. The molecule has 2 aromatic rings. The molecule has 0 saturated carbocycles. The highest BCUT2D eigenvalue weighted by atomic mass is 35.5. The molecule has 0 saturated heterocycles. The van der Waals surface area contributed by atoms with E-state index in [9.17, 15) is 0 Å². The maximum Gasteiger partial charge on any atom is 0.219 e. The van der Waals surface area contributed by atoms with Gasteiger partial charge in [0.25, 0.3) is 0 Å². The van der Waals surface area contributed by atoms with Crippen LogP contribution in [0.1, 0.15) is 30.7 Å². The van der Waals surface area contributed by atoms with Gasteiger partial charge in [-0.25, -0.2) is 4.98 Å². The lowest BCUT2D eigenvalue weighted by molar-refractivity contribution is 0.456. The molecule has 0 aliphatic heterocycles. The van der Waals surface area contributed by atoms with Gasteiger partial charge < -0.3 is 10.1 Å². The zero-order valence-electron chi connectivity index (χ0n) is 12.7. The monoisotopic (exact) mass is 304 g/mol. The van der Waals surface area contributed by atoms with Crippen LogP contribution in [-0.2, 0) is 13.0 Å². The van der Waals surface area contributed by atoms with Crippen LogP contribution in [0.4, 0.5) is 0 Å². The zero-order chi connectivity index (χ0) is 15.2. The van der Waals surface area contributed by atoms with Crippen LogP contribution < -0.4 is 10.1 Å². The number of rotatable bonds is 6. The van der Waals surface area contributed by atoms with Gasteiger partial charge in [0.1, 0.15) is 5.75 Å². The van der Waals surface area contributed by atoms with Crippen LogP contribution in [0.5, 0.6) is 11.6 Å². The second kappa shape index (κ2) is 7.43. The minimum Gasteiger partial charge on any atom is -0.439 e. The summed E-state index contributed by atoms with van der Waals surface area (Å²) in [5, 5.41) is 3.99. The summed E-state index contributed by atoms with van der Waals surface area (Å²) in [7, 11) is 0. The Morgan fingerprint density at radius 1 is 1.19 bits per heavy atom. The molecule has 21 heavy (non-hydrogen) atoms. The van der Waals surface area contributed by atoms with Crippen molar-refractivity contribution in [1.82, 2.24) is 10.3 Å². The molecule has 1 aromatic carbocycles. The van der Waals surface area contributed by atoms with Crippen LogP contribution in [0, 0.1) is 6.92 Å². The van der Waals surface area contributed by atoms with E-state index in [2.05, 4.69) is 30.2 Å². The number of halogens is 1. The number of nitrogens with one attached hydrogen (secondary N) is 1. The van der Waals surface area contributed by atoms with Crippen molar-refractivity contribution in [1.29, 1.82) is 0 Å². The second-order valence-electron chi connectivity index (χ2n) is 4.95. The largest absolute Gasteiger partial charge is 0.439 e. The van der Waals surface area contributed by atoms with Crippen LogP contribution in [-0.4, -0.2) is 11.5 Å². The third-order valence-electron chi connectivity index (χ3n) is 3.22. The molecule has 0 unspecified atom stereocenters. The number of ether oxygens (including phenoxy) is 1. The first-order valence-corrected chi connectivity index (χ1v) is 7.64. The molecule has 0 amide bonds. The molecule has 0 bridgehead atoms. The SMILES string of the molecule is CCNCc1cc(CC)nc(Oc2cc(Cl)ccc2C)c1. The number of nitrogens with zero attached hydrogens (tertiary/aromatic N) is 1. The summed E-state index contributed by atoms with van der Waals surface area (Å²) < 4.78 is 5.93. The lowest BCUT2D eigenvalue weighted by atomic mass is 10.2. The van der Waals surface area contributed by atoms with Crippen molar-refractivity contribution in [3.05, 3.63) is 52.2 Å². The molecule has 1 heterocycles. The van der Waals surface area contributed by atoms with Gasteiger partial charge in [-0.2, -0.15) is 0 Å². The number of hydrogen-bond acceptors (Lipinski definition) is 3. The zero-order valence-corrected chi connectivity index (χ0v) is 13.5. The van der Waals surface area contributed by atoms with E-state index >= 15 is 0 Å². The quantitative estimate of drug-likeness (QED) is 0.852. The van der Waals surface area contributed by atoms with E-state index in [1.807, 2.05) is 31.2 Å². The second-order valence-corrected chi connectivity index (χ2v) is 5.39. The Morgan fingerprint density at radius 2 is 2.00 bits per heavy atom. The Morgan fingerprint density at radius 3 is 2.71 bits per heavy atom. The number of pyridine rings is 1. The molecule has 0 radical (unpaired) electrons. The maximum absolute atomic E-state index is 6.03. The van der Waals surface area contributed by atoms with E-state index < -0.39 is 0 Å². The van der Waals surface area contributed by atoms with Gasteiger partial charge in [-0.3, -0.25) is 0 Å². The van der Waals surface area contributed by atoms with Crippen LogP contribution in [0.3, 0.4) is 0 Å². The van der Waals surface area contributed by atoms with Gasteiger partial charge in [0, 0.05) is 23.3 Å². The van der Waals surface area contributed by atoms with Crippen molar-refractivity contribution in [3.8, 4) is 11.6 Å². The summed E-state index contributed by atoms with van der Waals surface area (Å²) >= 11 is 6.03. The van der Waals surface area contributed by atoms with Gasteiger partial charge in [-0.05, 0) is 49.2 Å². The van der Waals surface area contributed by atoms with Crippen molar-refractivity contribution >= 4 is 11.6 Å². The van der Waals surface area contributed by atoms with Crippen LogP contribution in [0.25, 0.3) is 0 Å². The molecular formula is C17H21ClN2O. The van der Waals surface area contributed by atoms with Gasteiger partial charge in [-0.1, -0.05) is 31.5 Å². The third kappa shape index (κ3) is 4.45. The minimum absolute atomic E-state index is 0.618. The third-order valence-corrected chi connectivity index (χ3v) is 3.46. The van der Waals surface area contributed by atoms with E-state index in [0.717, 1.165) is 36.5 Å². The fraction of sp³-hybridized carbons (Fsp3) is 0.353. The van der Waals surface area contributed by atoms with Crippen molar-refractivity contribution in [3.63, 3.8) is 0 Å². The van der Waals surface area contributed by atoms with Crippen LogP contribution in [0.2, 0.25) is 5.02 Å². The fourth-order valence-corrected chi connectivity index (χ4v) is 2.18. The highest BCUT2D eigenvalue weighted by Gasteiger charge is 2.07. The van der Waals surface area contributed by atoms with E-state index in [4.69, 9.17) is 16.3 Å². The van der Waals surface area contributed by atoms with E-state index in [1.54, 1.807) is 0 Å². The molecule has 4 heteroatoms. The predicted molar refractivity (Wildman–Crippen MR) is 87.3 cm³/mol. The van der Waals surface area contributed by atoms with Crippen molar-refractivity contribution in [2.45, 2.75) is 33.7 Å². The predicted octanol–water partition coefficient (Wildman–Crippen LogP) is 4.51. The Hall–Kier alpha value is -1.58. The average molecular weight is 305 g/mol. The Bertz CT molecular complexity index is 614. The highest BCUT2D eigenvalue weighted by molar-refractivity contribution is 6.30. The number of aromatic nitrogens is 1. The highest BCUT2D eigenvalue weighted by Crippen LogP contribution is 2.27. The molecule has 0 aliphatic rings. The average Bonchev–Trinajstić information content (AvgIpc) is 2.48. The van der Waals surface area contributed by atoms with E-state index in [-0.39, 0.29) is 0 Å². The lowest BCUT2D eigenvalue weighted by Gasteiger charge is -2.11. The molecule has 1 aromatic heterocycles. The van der Waals surface area contributed by atoms with Gasteiger partial charge in [0.15, 0.2) is 0 Å². The van der Waals surface area contributed by atoms with Crippen molar-refractivity contribution in [2.75, 3.05) is 6.54 Å². The number of aryl methyl sites for hydroxylation is 2. The van der Waals surface area contributed by atoms with E-state index in [0.29, 0.717) is 10.9 Å². The summed E-state index contributed by atoms with van der Waals surface area (Å²) in [6.07, 6.45) is 0.880. The van der Waals surface area contributed by atoms with Gasteiger partial charge >= 0.3 is 0 Å². The molecule has 0 spiro atoms. The summed E-state index contributed by atoms with van der Waals surface area (Å²) in [5.74, 6) is 1.37. The van der Waals surface area contributed by atoms with Crippen molar-refractivity contribution < 1.29 is 4.74 Å². The number of benzene rings is 1. The fourth-order valence-electron chi connectivity index (χ4n) is 2.02. The molecule has 2 rings (SSSR count). The Kier molecular flexibility index (Phi) is 5.59. The molecule has 1 N–H and O–H groups in total. The summed E-state index contributed by atoms with van der Waals surface area (Å²) in [6.45, 7) is 7.93.